The number of hydrogen-bond donors (Lipinski definition) is 1. The molecule has 0 unspecified atom stereocenters. The first-order chi connectivity index (χ1) is 9.58. The minimum Gasteiger partial charge on any atom is -0.324 e. The van der Waals surface area contributed by atoms with Crippen LogP contribution in [-0.2, 0) is 4.79 Å². The summed E-state index contributed by atoms with van der Waals surface area (Å²) in [5.74, 6) is 1.46. The summed E-state index contributed by atoms with van der Waals surface area (Å²) in [5.41, 5.74) is 0.920. The number of nitrogens with zero attached hydrogens (tertiary/aromatic N) is 1. The molecule has 2 rings (SSSR count). The van der Waals surface area contributed by atoms with Crippen molar-refractivity contribution < 1.29 is 4.79 Å². The lowest BCUT2D eigenvalue weighted by Gasteiger charge is -2.34. The Morgan fingerprint density at radius 1 is 1.30 bits per heavy atom. The number of carbonyl (C=O) groups excluding carboxylic acids is 1. The molecule has 1 aromatic rings. The predicted octanol–water partition coefficient (Wildman–Crippen LogP) is 3.32. The van der Waals surface area contributed by atoms with E-state index in [0.717, 1.165) is 23.7 Å². The van der Waals surface area contributed by atoms with Crippen LogP contribution in [0.5, 0.6) is 0 Å². The van der Waals surface area contributed by atoms with E-state index in [1.165, 1.54) is 6.42 Å². The van der Waals surface area contributed by atoms with Crippen LogP contribution in [-0.4, -0.2) is 36.7 Å². The van der Waals surface area contributed by atoms with Crippen LogP contribution >= 0.6 is 11.8 Å². The molecule has 1 amide bonds. The van der Waals surface area contributed by atoms with Gasteiger partial charge < -0.3 is 5.32 Å². The molecule has 1 aromatic carbocycles. The van der Waals surface area contributed by atoms with E-state index in [1.807, 2.05) is 30.5 Å². The van der Waals surface area contributed by atoms with E-state index < -0.39 is 0 Å². The summed E-state index contributed by atoms with van der Waals surface area (Å²) in [6, 6.07) is 7.95. The average Bonchev–Trinajstić information content (AvgIpc) is 2.37. The highest BCUT2D eigenvalue weighted by molar-refractivity contribution is 7.98. The van der Waals surface area contributed by atoms with Gasteiger partial charge in [-0.15, -0.1) is 11.8 Å². The fourth-order valence-electron chi connectivity index (χ4n) is 3.06. The Kier molecular flexibility index (Phi) is 5.49. The quantitative estimate of drug-likeness (QED) is 0.864. The Balaban J connectivity index is 1.92. The van der Waals surface area contributed by atoms with Gasteiger partial charge in [-0.25, -0.2) is 0 Å². The van der Waals surface area contributed by atoms with Gasteiger partial charge in [-0.1, -0.05) is 26.0 Å². The Hall–Kier alpha value is -1.00. The normalized spacial score (nSPS) is 23.6. The molecular weight excluding hydrogens is 268 g/mol. The van der Waals surface area contributed by atoms with Crippen LogP contribution < -0.4 is 5.32 Å². The molecule has 1 N–H and O–H groups in total. The zero-order valence-corrected chi connectivity index (χ0v) is 13.4. The number of amides is 1. The molecule has 1 heterocycles. The van der Waals surface area contributed by atoms with E-state index in [2.05, 4.69) is 24.1 Å². The third-order valence-corrected chi connectivity index (χ3v) is 4.49. The number of piperidine rings is 1. The summed E-state index contributed by atoms with van der Waals surface area (Å²) in [7, 11) is 0. The molecule has 110 valence electrons. The van der Waals surface area contributed by atoms with Crippen LogP contribution in [0, 0.1) is 11.8 Å². The molecule has 0 bridgehead atoms. The second kappa shape index (κ2) is 7.14. The first kappa shape index (κ1) is 15.4. The number of likely N-dealkylation sites (tertiary alicyclic amines) is 1. The smallest absolute Gasteiger partial charge is 0.238 e. The molecule has 20 heavy (non-hydrogen) atoms. The van der Waals surface area contributed by atoms with Crippen LogP contribution in [0.2, 0.25) is 0 Å². The third-order valence-electron chi connectivity index (χ3n) is 3.69. The molecular formula is C16H24N2OS. The number of anilines is 1. The first-order valence-corrected chi connectivity index (χ1v) is 8.46. The standard InChI is InChI=1S/C16H24N2OS/c1-12-8-13(2)10-18(9-12)11-16(19)17-14-6-4-5-7-15(14)20-3/h4-7,12-13H,8-11H2,1-3H3,(H,17,19)/t12-,13-/m1/s1. The maximum atomic E-state index is 12.2. The first-order valence-electron chi connectivity index (χ1n) is 7.23. The van der Waals surface area contributed by atoms with Crippen molar-refractivity contribution in [1.29, 1.82) is 0 Å². The topological polar surface area (TPSA) is 32.3 Å². The van der Waals surface area contributed by atoms with E-state index in [-0.39, 0.29) is 5.91 Å². The number of para-hydroxylation sites is 1. The van der Waals surface area contributed by atoms with Gasteiger partial charge in [0.2, 0.25) is 5.91 Å². The van der Waals surface area contributed by atoms with E-state index in [9.17, 15) is 4.79 Å². The number of nitrogens with one attached hydrogen (secondary N) is 1. The van der Waals surface area contributed by atoms with Gasteiger partial charge in [0.05, 0.1) is 12.2 Å². The van der Waals surface area contributed by atoms with Crippen molar-refractivity contribution in [2.45, 2.75) is 25.2 Å². The molecule has 1 saturated heterocycles. The van der Waals surface area contributed by atoms with Crippen molar-refractivity contribution in [3.05, 3.63) is 24.3 Å². The monoisotopic (exact) mass is 292 g/mol. The Morgan fingerprint density at radius 3 is 2.60 bits per heavy atom. The van der Waals surface area contributed by atoms with Crippen LogP contribution in [0.4, 0.5) is 5.69 Å². The van der Waals surface area contributed by atoms with Gasteiger partial charge in [-0.05, 0) is 36.6 Å². The van der Waals surface area contributed by atoms with Crippen molar-refractivity contribution in [2.24, 2.45) is 11.8 Å². The Labute approximate surface area is 126 Å². The van der Waals surface area contributed by atoms with Crippen molar-refractivity contribution in [3.63, 3.8) is 0 Å². The molecule has 0 saturated carbocycles. The maximum absolute atomic E-state index is 12.2. The fourth-order valence-corrected chi connectivity index (χ4v) is 3.62. The second-order valence-electron chi connectivity index (χ2n) is 5.89. The predicted molar refractivity (Wildman–Crippen MR) is 86.2 cm³/mol. The lowest BCUT2D eigenvalue weighted by Crippen LogP contribution is -2.42. The Bertz CT molecular complexity index is 454. The summed E-state index contributed by atoms with van der Waals surface area (Å²) < 4.78 is 0. The summed E-state index contributed by atoms with van der Waals surface area (Å²) in [5, 5.41) is 3.04. The average molecular weight is 292 g/mol. The van der Waals surface area contributed by atoms with Crippen LogP contribution in [0.1, 0.15) is 20.3 Å². The van der Waals surface area contributed by atoms with Crippen molar-refractivity contribution >= 4 is 23.4 Å². The number of hydrogen-bond acceptors (Lipinski definition) is 3. The van der Waals surface area contributed by atoms with Gasteiger partial charge in [0, 0.05) is 18.0 Å². The molecule has 1 aliphatic heterocycles. The van der Waals surface area contributed by atoms with Gasteiger partial charge >= 0.3 is 0 Å². The van der Waals surface area contributed by atoms with Crippen LogP contribution in [0.15, 0.2) is 29.2 Å². The van der Waals surface area contributed by atoms with E-state index in [4.69, 9.17) is 0 Å². The van der Waals surface area contributed by atoms with Crippen molar-refractivity contribution in [2.75, 3.05) is 31.2 Å². The van der Waals surface area contributed by atoms with Crippen LogP contribution in [0.3, 0.4) is 0 Å². The van der Waals surface area contributed by atoms with Gasteiger partial charge in [0.25, 0.3) is 0 Å². The number of benzene rings is 1. The minimum atomic E-state index is 0.0906. The molecule has 0 radical (unpaired) electrons. The Morgan fingerprint density at radius 2 is 1.95 bits per heavy atom. The zero-order chi connectivity index (χ0) is 14.5. The highest BCUT2D eigenvalue weighted by atomic mass is 32.2. The SMILES string of the molecule is CSc1ccccc1NC(=O)CN1C[C@H](C)C[C@@H](C)C1. The lowest BCUT2D eigenvalue weighted by molar-refractivity contribution is -0.117. The molecule has 2 atom stereocenters. The molecule has 3 nitrogen and oxygen atoms in total. The van der Waals surface area contributed by atoms with Crippen molar-refractivity contribution in [3.8, 4) is 0 Å². The summed E-state index contributed by atoms with van der Waals surface area (Å²) >= 11 is 1.66. The third kappa shape index (κ3) is 4.25. The van der Waals surface area contributed by atoms with E-state index in [0.29, 0.717) is 18.4 Å². The van der Waals surface area contributed by atoms with Crippen LogP contribution in [0.25, 0.3) is 0 Å². The van der Waals surface area contributed by atoms with Gasteiger partial charge in [0.15, 0.2) is 0 Å². The fraction of sp³-hybridized carbons (Fsp3) is 0.562. The second-order valence-corrected chi connectivity index (χ2v) is 6.74. The largest absolute Gasteiger partial charge is 0.324 e. The molecule has 1 fully saturated rings. The summed E-state index contributed by atoms with van der Waals surface area (Å²) in [4.78, 5) is 15.6. The number of rotatable bonds is 4. The highest BCUT2D eigenvalue weighted by Crippen LogP contribution is 2.25. The summed E-state index contributed by atoms with van der Waals surface area (Å²) in [6.07, 6.45) is 3.30. The van der Waals surface area contributed by atoms with E-state index >= 15 is 0 Å². The number of thioether (sulfide) groups is 1. The lowest BCUT2D eigenvalue weighted by atomic mass is 9.92. The molecule has 0 aromatic heterocycles. The highest BCUT2D eigenvalue weighted by Gasteiger charge is 2.23. The van der Waals surface area contributed by atoms with Crippen molar-refractivity contribution in [1.82, 2.24) is 4.90 Å². The summed E-state index contributed by atoms with van der Waals surface area (Å²) in [6.45, 7) is 7.09. The molecule has 4 heteroatoms. The molecule has 0 aliphatic carbocycles. The molecule has 1 aliphatic rings. The van der Waals surface area contributed by atoms with Gasteiger partial charge in [-0.2, -0.15) is 0 Å². The van der Waals surface area contributed by atoms with Gasteiger partial charge in [-0.3, -0.25) is 9.69 Å². The zero-order valence-electron chi connectivity index (χ0n) is 12.6. The van der Waals surface area contributed by atoms with E-state index in [1.54, 1.807) is 11.8 Å². The maximum Gasteiger partial charge on any atom is 0.238 e. The number of carbonyl (C=O) groups is 1. The molecule has 0 spiro atoms. The minimum absolute atomic E-state index is 0.0906. The van der Waals surface area contributed by atoms with Gasteiger partial charge in [0.1, 0.15) is 0 Å².